The SMILES string of the molecule is CN(CC(=O)NC(C)(C)C)C(=O)c1ccccc1N. The number of carbonyl (C=O) groups excluding carboxylic acids is 2. The molecule has 0 saturated carbocycles. The Morgan fingerprint density at radius 3 is 2.37 bits per heavy atom. The first-order chi connectivity index (χ1) is 8.70. The maximum atomic E-state index is 12.1. The zero-order chi connectivity index (χ0) is 14.6. The minimum Gasteiger partial charge on any atom is -0.398 e. The summed E-state index contributed by atoms with van der Waals surface area (Å²) in [5.41, 5.74) is 6.25. The van der Waals surface area contributed by atoms with Gasteiger partial charge in [-0.05, 0) is 32.9 Å². The average Bonchev–Trinajstić information content (AvgIpc) is 2.26. The van der Waals surface area contributed by atoms with Gasteiger partial charge in [0.25, 0.3) is 5.91 Å². The number of amides is 2. The Bertz CT molecular complexity index is 478. The van der Waals surface area contributed by atoms with Crippen molar-refractivity contribution < 1.29 is 9.59 Å². The van der Waals surface area contributed by atoms with Crippen molar-refractivity contribution in [2.45, 2.75) is 26.3 Å². The first-order valence-corrected chi connectivity index (χ1v) is 6.11. The lowest BCUT2D eigenvalue weighted by atomic mass is 10.1. The Kier molecular flexibility index (Phi) is 4.53. The second-order valence-electron chi connectivity index (χ2n) is 5.55. The molecule has 0 bridgehead atoms. The molecule has 3 N–H and O–H groups in total. The number of benzene rings is 1. The van der Waals surface area contributed by atoms with Crippen LogP contribution in [0.15, 0.2) is 24.3 Å². The average molecular weight is 263 g/mol. The number of hydrogen-bond acceptors (Lipinski definition) is 3. The van der Waals surface area contributed by atoms with Crippen LogP contribution in [0.4, 0.5) is 5.69 Å². The molecule has 0 spiro atoms. The summed E-state index contributed by atoms with van der Waals surface area (Å²) in [5, 5.41) is 2.81. The molecule has 104 valence electrons. The molecule has 1 aromatic carbocycles. The molecular formula is C14H21N3O2. The number of anilines is 1. The Hall–Kier alpha value is -2.04. The van der Waals surface area contributed by atoms with E-state index in [9.17, 15) is 9.59 Å². The standard InChI is InChI=1S/C14H21N3O2/c1-14(2,3)16-12(18)9-17(4)13(19)10-7-5-6-8-11(10)15/h5-8H,9,15H2,1-4H3,(H,16,18). The van der Waals surface area contributed by atoms with E-state index in [1.165, 1.54) is 4.90 Å². The topological polar surface area (TPSA) is 75.4 Å². The van der Waals surface area contributed by atoms with Crippen LogP contribution in [0.1, 0.15) is 31.1 Å². The van der Waals surface area contributed by atoms with E-state index in [0.717, 1.165) is 0 Å². The minimum absolute atomic E-state index is 0.00440. The van der Waals surface area contributed by atoms with Crippen molar-refractivity contribution in [2.24, 2.45) is 0 Å². The highest BCUT2D eigenvalue weighted by atomic mass is 16.2. The number of para-hydroxylation sites is 1. The number of nitrogens with two attached hydrogens (primary N) is 1. The lowest BCUT2D eigenvalue weighted by Crippen LogP contribution is -2.46. The molecule has 2 amide bonds. The van der Waals surface area contributed by atoms with Gasteiger partial charge in [-0.2, -0.15) is 0 Å². The predicted molar refractivity (Wildman–Crippen MR) is 75.7 cm³/mol. The Labute approximate surface area is 113 Å². The van der Waals surface area contributed by atoms with Crippen LogP contribution >= 0.6 is 0 Å². The smallest absolute Gasteiger partial charge is 0.256 e. The van der Waals surface area contributed by atoms with Crippen molar-refractivity contribution in [3.8, 4) is 0 Å². The van der Waals surface area contributed by atoms with Crippen molar-refractivity contribution in [2.75, 3.05) is 19.3 Å². The van der Waals surface area contributed by atoms with Crippen molar-refractivity contribution in [1.29, 1.82) is 0 Å². The van der Waals surface area contributed by atoms with Crippen molar-refractivity contribution in [1.82, 2.24) is 10.2 Å². The van der Waals surface area contributed by atoms with Crippen LogP contribution in [-0.2, 0) is 4.79 Å². The monoisotopic (exact) mass is 263 g/mol. The fraction of sp³-hybridized carbons (Fsp3) is 0.429. The summed E-state index contributed by atoms with van der Waals surface area (Å²) < 4.78 is 0. The van der Waals surface area contributed by atoms with Gasteiger partial charge in [-0.1, -0.05) is 12.1 Å². The molecule has 0 atom stereocenters. The van der Waals surface area contributed by atoms with Crippen LogP contribution < -0.4 is 11.1 Å². The van der Waals surface area contributed by atoms with E-state index < -0.39 is 0 Å². The van der Waals surface area contributed by atoms with Gasteiger partial charge in [-0.25, -0.2) is 0 Å². The fourth-order valence-electron chi connectivity index (χ4n) is 1.64. The molecule has 5 heteroatoms. The van der Waals surface area contributed by atoms with E-state index >= 15 is 0 Å². The fourth-order valence-corrected chi connectivity index (χ4v) is 1.64. The zero-order valence-electron chi connectivity index (χ0n) is 11.9. The van der Waals surface area contributed by atoms with Gasteiger partial charge in [0.2, 0.25) is 5.91 Å². The third-order valence-electron chi connectivity index (χ3n) is 2.43. The molecule has 0 aliphatic heterocycles. The van der Waals surface area contributed by atoms with Gasteiger partial charge < -0.3 is 16.0 Å². The van der Waals surface area contributed by atoms with E-state index in [0.29, 0.717) is 11.3 Å². The molecule has 0 unspecified atom stereocenters. The summed E-state index contributed by atoms with van der Waals surface area (Å²) in [4.78, 5) is 25.2. The number of rotatable bonds is 3. The Morgan fingerprint density at radius 2 is 1.84 bits per heavy atom. The van der Waals surface area contributed by atoms with Gasteiger partial charge in [-0.3, -0.25) is 9.59 Å². The van der Waals surface area contributed by atoms with Gasteiger partial charge in [0.1, 0.15) is 0 Å². The lowest BCUT2D eigenvalue weighted by molar-refractivity contribution is -0.122. The molecule has 0 saturated heterocycles. The number of likely N-dealkylation sites (N-methyl/N-ethyl adjacent to an activating group) is 1. The largest absolute Gasteiger partial charge is 0.398 e. The highest BCUT2D eigenvalue weighted by molar-refractivity contribution is 6.00. The van der Waals surface area contributed by atoms with Crippen molar-refractivity contribution >= 4 is 17.5 Å². The maximum absolute atomic E-state index is 12.1. The molecule has 0 heterocycles. The first-order valence-electron chi connectivity index (χ1n) is 6.11. The molecule has 0 fully saturated rings. The molecule has 0 radical (unpaired) electrons. The van der Waals surface area contributed by atoms with Crippen molar-refractivity contribution in [3.05, 3.63) is 29.8 Å². The quantitative estimate of drug-likeness (QED) is 0.806. The number of nitrogens with one attached hydrogen (secondary N) is 1. The van der Waals surface area contributed by atoms with Gasteiger partial charge >= 0.3 is 0 Å². The summed E-state index contributed by atoms with van der Waals surface area (Å²) in [5.74, 6) is -0.458. The van der Waals surface area contributed by atoms with Crippen LogP contribution in [0, 0.1) is 0 Å². The summed E-state index contributed by atoms with van der Waals surface area (Å²) in [7, 11) is 1.58. The van der Waals surface area contributed by atoms with E-state index in [-0.39, 0.29) is 23.9 Å². The molecule has 0 aliphatic carbocycles. The van der Waals surface area contributed by atoms with Gasteiger partial charge in [0.05, 0.1) is 12.1 Å². The maximum Gasteiger partial charge on any atom is 0.256 e. The van der Waals surface area contributed by atoms with Gasteiger partial charge in [0, 0.05) is 18.3 Å². The molecule has 19 heavy (non-hydrogen) atoms. The molecule has 0 aromatic heterocycles. The van der Waals surface area contributed by atoms with Crippen LogP contribution in [-0.4, -0.2) is 35.8 Å². The highest BCUT2D eigenvalue weighted by Crippen LogP contribution is 2.12. The summed E-state index contributed by atoms with van der Waals surface area (Å²) in [6.45, 7) is 5.68. The van der Waals surface area contributed by atoms with Crippen LogP contribution in [0.3, 0.4) is 0 Å². The second kappa shape index (κ2) is 5.73. The Morgan fingerprint density at radius 1 is 1.26 bits per heavy atom. The van der Waals surface area contributed by atoms with E-state index in [4.69, 9.17) is 5.73 Å². The third-order valence-corrected chi connectivity index (χ3v) is 2.43. The van der Waals surface area contributed by atoms with E-state index in [2.05, 4.69) is 5.32 Å². The van der Waals surface area contributed by atoms with Crippen LogP contribution in [0.2, 0.25) is 0 Å². The molecule has 1 aromatic rings. The number of nitrogens with zero attached hydrogens (tertiary/aromatic N) is 1. The van der Waals surface area contributed by atoms with Crippen LogP contribution in [0.5, 0.6) is 0 Å². The lowest BCUT2D eigenvalue weighted by Gasteiger charge is -2.23. The van der Waals surface area contributed by atoms with Gasteiger partial charge in [0.15, 0.2) is 0 Å². The van der Waals surface area contributed by atoms with E-state index in [1.54, 1.807) is 31.3 Å². The highest BCUT2D eigenvalue weighted by Gasteiger charge is 2.19. The molecule has 0 aliphatic rings. The number of hydrogen-bond donors (Lipinski definition) is 2. The van der Waals surface area contributed by atoms with Crippen LogP contribution in [0.25, 0.3) is 0 Å². The first kappa shape index (κ1) is 15.0. The van der Waals surface area contributed by atoms with Crippen molar-refractivity contribution in [3.63, 3.8) is 0 Å². The predicted octanol–water partition coefficient (Wildman–Crippen LogP) is 1.26. The Balaban J connectivity index is 2.69. The summed E-state index contributed by atoms with van der Waals surface area (Å²) in [6, 6.07) is 6.82. The number of nitrogen functional groups attached to an aromatic ring is 1. The zero-order valence-corrected chi connectivity index (χ0v) is 11.9. The summed E-state index contributed by atoms with van der Waals surface area (Å²) in [6.07, 6.45) is 0. The van der Waals surface area contributed by atoms with E-state index in [1.807, 2.05) is 20.8 Å². The normalized spacial score (nSPS) is 10.9. The number of carbonyl (C=O) groups is 2. The molecule has 1 rings (SSSR count). The third kappa shape index (κ3) is 4.62. The second-order valence-corrected chi connectivity index (χ2v) is 5.55. The molecule has 5 nitrogen and oxygen atoms in total. The minimum atomic E-state index is -0.313. The molecular weight excluding hydrogens is 242 g/mol. The summed E-state index contributed by atoms with van der Waals surface area (Å²) >= 11 is 0. The van der Waals surface area contributed by atoms with Gasteiger partial charge in [-0.15, -0.1) is 0 Å².